The number of hydrogen-bond acceptors (Lipinski definition) is 3. The van der Waals surface area contributed by atoms with Crippen molar-refractivity contribution >= 4 is 0 Å². The van der Waals surface area contributed by atoms with Gasteiger partial charge in [-0.15, -0.1) is 0 Å². The fraction of sp³-hybridized carbons (Fsp3) is 0.385. The summed E-state index contributed by atoms with van der Waals surface area (Å²) in [7, 11) is 1.70. The molecule has 4 nitrogen and oxygen atoms in total. The summed E-state index contributed by atoms with van der Waals surface area (Å²) in [4.78, 5) is 4.08. The third-order valence-corrected chi connectivity index (χ3v) is 3.58. The predicted octanol–water partition coefficient (Wildman–Crippen LogP) is 2.47. The standard InChI is InChI=1S/C13H15N3O/c1-17-13-8-14-4-2-11(13)9-6-10(7-9)12-3-5-15-16-12/h2-5,8-10H,6-7H2,1H3,(H,15,16). The molecule has 1 saturated carbocycles. The van der Waals surface area contributed by atoms with Crippen LogP contribution < -0.4 is 4.74 Å². The molecule has 1 aliphatic rings. The Kier molecular flexibility index (Phi) is 2.55. The fourth-order valence-electron chi connectivity index (χ4n) is 2.52. The normalized spacial score (nSPS) is 23.1. The second-order valence-electron chi connectivity index (χ2n) is 4.49. The van der Waals surface area contributed by atoms with Crippen molar-refractivity contribution in [3.8, 4) is 5.75 Å². The van der Waals surface area contributed by atoms with Gasteiger partial charge in [-0.25, -0.2) is 0 Å². The Morgan fingerprint density at radius 3 is 2.82 bits per heavy atom. The van der Waals surface area contributed by atoms with E-state index in [-0.39, 0.29) is 0 Å². The van der Waals surface area contributed by atoms with Gasteiger partial charge in [0.2, 0.25) is 0 Å². The van der Waals surface area contributed by atoms with Gasteiger partial charge in [-0.05, 0) is 30.9 Å². The monoisotopic (exact) mass is 229 g/mol. The first-order chi connectivity index (χ1) is 8.38. The summed E-state index contributed by atoms with van der Waals surface area (Å²) in [5.41, 5.74) is 2.52. The van der Waals surface area contributed by atoms with Gasteiger partial charge in [0, 0.05) is 29.6 Å². The highest BCUT2D eigenvalue weighted by atomic mass is 16.5. The van der Waals surface area contributed by atoms with Crippen molar-refractivity contribution in [1.29, 1.82) is 0 Å². The molecule has 4 heteroatoms. The van der Waals surface area contributed by atoms with Gasteiger partial charge in [0.15, 0.2) is 0 Å². The van der Waals surface area contributed by atoms with Gasteiger partial charge in [-0.2, -0.15) is 5.10 Å². The summed E-state index contributed by atoms with van der Waals surface area (Å²) < 4.78 is 5.35. The van der Waals surface area contributed by atoms with Crippen LogP contribution >= 0.6 is 0 Å². The minimum absolute atomic E-state index is 0.584. The first-order valence-electron chi connectivity index (χ1n) is 5.85. The van der Waals surface area contributed by atoms with Crippen molar-refractivity contribution in [1.82, 2.24) is 15.2 Å². The second kappa shape index (κ2) is 4.20. The SMILES string of the molecule is COc1cnccc1C1CC(c2ccn[nH]2)C1. The van der Waals surface area contributed by atoms with Gasteiger partial charge in [-0.3, -0.25) is 10.1 Å². The lowest BCUT2D eigenvalue weighted by Crippen LogP contribution is -2.21. The van der Waals surface area contributed by atoms with Crippen LogP contribution in [0.15, 0.2) is 30.7 Å². The van der Waals surface area contributed by atoms with Gasteiger partial charge in [0.05, 0.1) is 13.3 Å². The first-order valence-corrected chi connectivity index (χ1v) is 5.85. The molecule has 2 aromatic rings. The lowest BCUT2D eigenvalue weighted by Gasteiger charge is -2.35. The molecule has 2 aromatic heterocycles. The number of aromatic nitrogens is 3. The number of H-pyrrole nitrogens is 1. The molecule has 0 radical (unpaired) electrons. The second-order valence-corrected chi connectivity index (χ2v) is 4.49. The van der Waals surface area contributed by atoms with Crippen molar-refractivity contribution < 1.29 is 4.74 Å². The molecule has 1 aliphatic carbocycles. The van der Waals surface area contributed by atoms with E-state index in [1.54, 1.807) is 13.3 Å². The van der Waals surface area contributed by atoms with Crippen molar-refractivity contribution in [2.75, 3.05) is 7.11 Å². The van der Waals surface area contributed by atoms with E-state index in [1.807, 2.05) is 12.4 Å². The lowest BCUT2D eigenvalue weighted by atomic mass is 9.70. The topological polar surface area (TPSA) is 50.8 Å². The number of ether oxygens (including phenoxy) is 1. The minimum atomic E-state index is 0.584. The molecule has 0 amide bonds. The molecule has 2 heterocycles. The molecule has 88 valence electrons. The van der Waals surface area contributed by atoms with E-state index < -0.39 is 0 Å². The Morgan fingerprint density at radius 1 is 1.24 bits per heavy atom. The van der Waals surface area contributed by atoms with Crippen LogP contribution in [0.2, 0.25) is 0 Å². The quantitative estimate of drug-likeness (QED) is 0.879. The van der Waals surface area contributed by atoms with Crippen molar-refractivity contribution in [2.24, 2.45) is 0 Å². The molecular formula is C13H15N3O. The van der Waals surface area contributed by atoms with Crippen LogP contribution in [-0.4, -0.2) is 22.3 Å². The molecule has 1 fully saturated rings. The molecule has 0 aromatic carbocycles. The van der Waals surface area contributed by atoms with Gasteiger partial charge < -0.3 is 4.74 Å². The largest absolute Gasteiger partial charge is 0.495 e. The van der Waals surface area contributed by atoms with Crippen molar-refractivity contribution in [3.05, 3.63) is 42.0 Å². The van der Waals surface area contributed by atoms with E-state index in [4.69, 9.17) is 4.74 Å². The van der Waals surface area contributed by atoms with Crippen LogP contribution in [0.3, 0.4) is 0 Å². The maximum atomic E-state index is 5.35. The maximum Gasteiger partial charge on any atom is 0.140 e. The van der Waals surface area contributed by atoms with E-state index in [9.17, 15) is 0 Å². The van der Waals surface area contributed by atoms with E-state index >= 15 is 0 Å². The molecule has 0 unspecified atom stereocenters. The van der Waals surface area contributed by atoms with E-state index in [2.05, 4.69) is 27.3 Å². The van der Waals surface area contributed by atoms with Crippen LogP contribution in [0.4, 0.5) is 0 Å². The Labute approximate surface area is 100 Å². The summed E-state index contributed by atoms with van der Waals surface area (Å²) in [5.74, 6) is 2.10. The Bertz CT molecular complexity index is 489. The zero-order chi connectivity index (χ0) is 11.7. The number of hydrogen-bond donors (Lipinski definition) is 1. The molecule has 0 atom stereocenters. The zero-order valence-electron chi connectivity index (χ0n) is 9.76. The van der Waals surface area contributed by atoms with Crippen LogP contribution in [0.25, 0.3) is 0 Å². The van der Waals surface area contributed by atoms with E-state index in [0.717, 1.165) is 18.6 Å². The third kappa shape index (κ3) is 1.79. The molecule has 0 spiro atoms. The lowest BCUT2D eigenvalue weighted by molar-refractivity contribution is 0.327. The van der Waals surface area contributed by atoms with E-state index in [1.165, 1.54) is 11.3 Å². The molecule has 17 heavy (non-hydrogen) atoms. The predicted molar refractivity (Wildman–Crippen MR) is 64.1 cm³/mol. The van der Waals surface area contributed by atoms with Gasteiger partial charge in [-0.1, -0.05) is 0 Å². The summed E-state index contributed by atoms with van der Waals surface area (Å²) in [6.45, 7) is 0. The van der Waals surface area contributed by atoms with Gasteiger partial charge >= 0.3 is 0 Å². The highest BCUT2D eigenvalue weighted by Gasteiger charge is 2.33. The Balaban J connectivity index is 1.73. The molecule has 0 saturated heterocycles. The van der Waals surface area contributed by atoms with Gasteiger partial charge in [0.1, 0.15) is 5.75 Å². The van der Waals surface area contributed by atoms with Crippen LogP contribution in [0.5, 0.6) is 5.75 Å². The summed E-state index contributed by atoms with van der Waals surface area (Å²) in [6, 6.07) is 4.12. The first kappa shape index (κ1) is 10.3. The minimum Gasteiger partial charge on any atom is -0.495 e. The molecule has 1 N–H and O–H groups in total. The molecular weight excluding hydrogens is 214 g/mol. The summed E-state index contributed by atoms with van der Waals surface area (Å²) in [5, 5.41) is 7.04. The number of pyridine rings is 1. The maximum absolute atomic E-state index is 5.35. The van der Waals surface area contributed by atoms with Crippen LogP contribution in [0.1, 0.15) is 35.9 Å². The highest BCUT2D eigenvalue weighted by molar-refractivity contribution is 5.36. The summed E-state index contributed by atoms with van der Waals surface area (Å²) >= 11 is 0. The number of rotatable bonds is 3. The molecule has 3 rings (SSSR count). The number of methoxy groups -OCH3 is 1. The fourth-order valence-corrected chi connectivity index (χ4v) is 2.52. The summed E-state index contributed by atoms with van der Waals surface area (Å²) in [6.07, 6.45) is 7.75. The average molecular weight is 229 g/mol. The highest BCUT2D eigenvalue weighted by Crippen LogP contribution is 2.48. The van der Waals surface area contributed by atoms with Crippen molar-refractivity contribution in [2.45, 2.75) is 24.7 Å². The Morgan fingerprint density at radius 2 is 2.12 bits per heavy atom. The Hall–Kier alpha value is -1.84. The molecule has 0 bridgehead atoms. The number of nitrogens with zero attached hydrogens (tertiary/aromatic N) is 2. The van der Waals surface area contributed by atoms with Crippen LogP contribution in [-0.2, 0) is 0 Å². The average Bonchev–Trinajstić information content (AvgIpc) is 2.81. The van der Waals surface area contributed by atoms with Crippen molar-refractivity contribution in [3.63, 3.8) is 0 Å². The van der Waals surface area contributed by atoms with Crippen LogP contribution in [0, 0.1) is 0 Å². The van der Waals surface area contributed by atoms with Gasteiger partial charge in [0.25, 0.3) is 0 Å². The smallest absolute Gasteiger partial charge is 0.140 e. The van der Waals surface area contributed by atoms with E-state index in [0.29, 0.717) is 11.8 Å². The zero-order valence-corrected chi connectivity index (χ0v) is 9.76. The molecule has 0 aliphatic heterocycles. The number of aromatic amines is 1. The number of nitrogens with one attached hydrogen (secondary N) is 1. The third-order valence-electron chi connectivity index (χ3n) is 3.58.